The van der Waals surface area contributed by atoms with Crippen LogP contribution >= 0.6 is 0 Å². The molecular formula is C17H19N3O2. The summed E-state index contributed by atoms with van der Waals surface area (Å²) in [4.78, 5) is 12.8. The molecule has 114 valence electrons. The van der Waals surface area contributed by atoms with Gasteiger partial charge in [0.25, 0.3) is 0 Å². The second-order valence-corrected chi connectivity index (χ2v) is 5.74. The normalized spacial score (nSPS) is 12.8. The minimum atomic E-state index is -0.215. The largest absolute Gasteiger partial charge is 0.454 e. The predicted octanol–water partition coefficient (Wildman–Crippen LogP) is 2.83. The summed E-state index contributed by atoms with van der Waals surface area (Å²) in [5.41, 5.74) is 9.79. The summed E-state index contributed by atoms with van der Waals surface area (Å²) >= 11 is 0. The second-order valence-electron chi connectivity index (χ2n) is 5.74. The van der Waals surface area contributed by atoms with Gasteiger partial charge in [-0.2, -0.15) is 5.10 Å². The van der Waals surface area contributed by atoms with Crippen molar-refractivity contribution in [3.8, 4) is 11.5 Å². The maximum Gasteiger partial charge on any atom is 0.196 e. The Bertz CT molecular complexity index is 920. The van der Waals surface area contributed by atoms with Crippen LogP contribution in [-0.4, -0.2) is 9.78 Å². The predicted molar refractivity (Wildman–Crippen MR) is 86.8 cm³/mol. The molecule has 0 saturated carbocycles. The standard InChI is InChI=1S/C17H19N3O2/c1-9-7-12(11(3)18)17-13(8-9)15(21)10(2)16(22-17)14-5-6-19-20(14)4/h5-8,11H,18H2,1-4H3. The minimum Gasteiger partial charge on any atom is -0.454 e. The first kappa shape index (κ1) is 14.5. The van der Waals surface area contributed by atoms with Gasteiger partial charge in [-0.25, -0.2) is 0 Å². The van der Waals surface area contributed by atoms with E-state index in [1.54, 1.807) is 17.8 Å². The van der Waals surface area contributed by atoms with E-state index in [0.717, 1.165) is 16.8 Å². The van der Waals surface area contributed by atoms with Crippen molar-refractivity contribution in [3.05, 3.63) is 51.3 Å². The number of fused-ring (bicyclic) bond motifs is 1. The van der Waals surface area contributed by atoms with Crippen LogP contribution in [0.1, 0.15) is 29.7 Å². The van der Waals surface area contributed by atoms with Crippen molar-refractivity contribution in [3.63, 3.8) is 0 Å². The van der Waals surface area contributed by atoms with Crippen LogP contribution in [-0.2, 0) is 7.05 Å². The van der Waals surface area contributed by atoms with E-state index >= 15 is 0 Å². The van der Waals surface area contributed by atoms with Gasteiger partial charge in [-0.15, -0.1) is 0 Å². The second kappa shape index (κ2) is 5.10. The van der Waals surface area contributed by atoms with E-state index in [-0.39, 0.29) is 11.5 Å². The van der Waals surface area contributed by atoms with Crippen molar-refractivity contribution in [2.24, 2.45) is 12.8 Å². The van der Waals surface area contributed by atoms with Crippen LogP contribution in [0.15, 0.2) is 33.6 Å². The van der Waals surface area contributed by atoms with E-state index in [1.165, 1.54) is 0 Å². The number of benzene rings is 1. The number of rotatable bonds is 2. The molecule has 1 aromatic carbocycles. The van der Waals surface area contributed by atoms with Gasteiger partial charge in [0.15, 0.2) is 11.2 Å². The molecule has 0 bridgehead atoms. The number of aryl methyl sites for hydroxylation is 2. The van der Waals surface area contributed by atoms with Crippen LogP contribution in [0.4, 0.5) is 0 Å². The highest BCUT2D eigenvalue weighted by atomic mass is 16.3. The van der Waals surface area contributed by atoms with Crippen LogP contribution in [0.5, 0.6) is 0 Å². The molecule has 2 aromatic heterocycles. The summed E-state index contributed by atoms with van der Waals surface area (Å²) in [5.74, 6) is 0.545. The molecule has 2 heterocycles. The van der Waals surface area contributed by atoms with Crippen molar-refractivity contribution in [2.45, 2.75) is 26.8 Å². The molecule has 5 heteroatoms. The number of nitrogens with two attached hydrogens (primary N) is 1. The molecule has 1 unspecified atom stereocenters. The summed E-state index contributed by atoms with van der Waals surface area (Å²) in [6.07, 6.45) is 1.68. The summed E-state index contributed by atoms with van der Waals surface area (Å²) < 4.78 is 7.80. The van der Waals surface area contributed by atoms with Gasteiger partial charge in [0.2, 0.25) is 0 Å². The third-order valence-corrected chi connectivity index (χ3v) is 3.94. The quantitative estimate of drug-likeness (QED) is 0.789. The van der Waals surface area contributed by atoms with Gasteiger partial charge < -0.3 is 10.2 Å². The van der Waals surface area contributed by atoms with Gasteiger partial charge >= 0.3 is 0 Å². The van der Waals surface area contributed by atoms with Crippen LogP contribution in [0.2, 0.25) is 0 Å². The summed E-state index contributed by atoms with van der Waals surface area (Å²) in [5, 5.41) is 4.72. The lowest BCUT2D eigenvalue weighted by atomic mass is 10.0. The fourth-order valence-electron chi connectivity index (χ4n) is 2.75. The van der Waals surface area contributed by atoms with Gasteiger partial charge in [-0.3, -0.25) is 9.48 Å². The molecule has 0 radical (unpaired) electrons. The van der Waals surface area contributed by atoms with Crippen LogP contribution in [0, 0.1) is 13.8 Å². The van der Waals surface area contributed by atoms with Crippen molar-refractivity contribution in [1.29, 1.82) is 0 Å². The molecule has 2 N–H and O–H groups in total. The Hall–Kier alpha value is -2.40. The Morgan fingerprint density at radius 2 is 2.05 bits per heavy atom. The van der Waals surface area contributed by atoms with E-state index in [2.05, 4.69) is 5.10 Å². The van der Waals surface area contributed by atoms with Crippen molar-refractivity contribution in [2.75, 3.05) is 0 Å². The lowest BCUT2D eigenvalue weighted by molar-refractivity contribution is 0.592. The molecule has 1 atom stereocenters. The molecule has 0 fully saturated rings. The van der Waals surface area contributed by atoms with E-state index in [4.69, 9.17) is 10.2 Å². The van der Waals surface area contributed by atoms with E-state index in [9.17, 15) is 4.79 Å². The van der Waals surface area contributed by atoms with E-state index in [1.807, 2.05) is 39.1 Å². The Kier molecular flexibility index (Phi) is 3.37. The minimum absolute atomic E-state index is 0.0250. The molecule has 0 aliphatic carbocycles. The van der Waals surface area contributed by atoms with Gasteiger partial charge in [-0.1, -0.05) is 6.07 Å². The van der Waals surface area contributed by atoms with Gasteiger partial charge in [0.05, 0.1) is 5.39 Å². The zero-order chi connectivity index (χ0) is 16.0. The van der Waals surface area contributed by atoms with Gasteiger partial charge in [0.1, 0.15) is 11.3 Å². The van der Waals surface area contributed by atoms with E-state index in [0.29, 0.717) is 22.3 Å². The van der Waals surface area contributed by atoms with Gasteiger partial charge in [0, 0.05) is 30.4 Å². The Labute approximate surface area is 128 Å². The average molecular weight is 297 g/mol. The smallest absolute Gasteiger partial charge is 0.196 e. The van der Waals surface area contributed by atoms with Crippen molar-refractivity contribution >= 4 is 11.0 Å². The summed E-state index contributed by atoms with van der Waals surface area (Å²) in [6.45, 7) is 5.62. The third kappa shape index (κ3) is 2.14. The molecule has 22 heavy (non-hydrogen) atoms. The van der Waals surface area contributed by atoms with Crippen molar-refractivity contribution < 1.29 is 4.42 Å². The van der Waals surface area contributed by atoms with Crippen LogP contribution in [0.25, 0.3) is 22.4 Å². The van der Waals surface area contributed by atoms with Crippen LogP contribution < -0.4 is 11.2 Å². The molecule has 3 aromatic rings. The first-order chi connectivity index (χ1) is 10.4. The first-order valence-electron chi connectivity index (χ1n) is 7.22. The fraction of sp³-hybridized carbons (Fsp3) is 0.294. The lowest BCUT2D eigenvalue weighted by Gasteiger charge is -2.13. The summed E-state index contributed by atoms with van der Waals surface area (Å²) in [7, 11) is 1.82. The first-order valence-corrected chi connectivity index (χ1v) is 7.22. The molecule has 0 saturated heterocycles. The molecule has 0 aliphatic heterocycles. The number of hydrogen-bond donors (Lipinski definition) is 1. The lowest BCUT2D eigenvalue weighted by Crippen LogP contribution is -2.12. The molecule has 0 aliphatic rings. The number of hydrogen-bond acceptors (Lipinski definition) is 4. The monoisotopic (exact) mass is 297 g/mol. The van der Waals surface area contributed by atoms with Crippen LogP contribution in [0.3, 0.4) is 0 Å². The molecule has 0 amide bonds. The number of nitrogens with zero attached hydrogens (tertiary/aromatic N) is 2. The van der Waals surface area contributed by atoms with Gasteiger partial charge in [-0.05, 0) is 38.5 Å². The number of aromatic nitrogens is 2. The Morgan fingerprint density at radius 1 is 1.32 bits per heavy atom. The zero-order valence-electron chi connectivity index (χ0n) is 13.2. The average Bonchev–Trinajstić information content (AvgIpc) is 2.88. The molecule has 5 nitrogen and oxygen atoms in total. The highest BCUT2D eigenvalue weighted by Crippen LogP contribution is 2.29. The van der Waals surface area contributed by atoms with E-state index < -0.39 is 0 Å². The SMILES string of the molecule is Cc1cc(C(C)N)c2oc(-c3ccnn3C)c(C)c(=O)c2c1. The Balaban J connectivity index is 2.46. The van der Waals surface area contributed by atoms with Crippen molar-refractivity contribution in [1.82, 2.24) is 9.78 Å². The third-order valence-electron chi connectivity index (χ3n) is 3.94. The highest BCUT2D eigenvalue weighted by Gasteiger charge is 2.18. The fourth-order valence-corrected chi connectivity index (χ4v) is 2.75. The Morgan fingerprint density at radius 3 is 2.64 bits per heavy atom. The highest BCUT2D eigenvalue weighted by molar-refractivity contribution is 5.84. The topological polar surface area (TPSA) is 74.0 Å². The maximum absolute atomic E-state index is 12.8. The molecule has 3 rings (SSSR count). The molecular weight excluding hydrogens is 278 g/mol. The maximum atomic E-state index is 12.8. The summed E-state index contributed by atoms with van der Waals surface area (Å²) in [6, 6.07) is 5.44. The zero-order valence-corrected chi connectivity index (χ0v) is 13.2. The molecule has 0 spiro atoms.